The van der Waals surface area contributed by atoms with Crippen LogP contribution in [-0.4, -0.2) is 54.6 Å². The average molecular weight is 410 g/mol. The number of hydrogen-bond acceptors (Lipinski definition) is 5. The van der Waals surface area contributed by atoms with Gasteiger partial charge in [-0.3, -0.25) is 9.69 Å². The topological polar surface area (TPSA) is 70.0 Å². The van der Waals surface area contributed by atoms with Gasteiger partial charge in [-0.15, -0.1) is 0 Å². The summed E-state index contributed by atoms with van der Waals surface area (Å²) in [5.74, 6) is 0.262. The molecule has 1 aliphatic heterocycles. The van der Waals surface area contributed by atoms with E-state index in [0.717, 1.165) is 25.7 Å². The van der Waals surface area contributed by atoms with E-state index < -0.39 is 10.0 Å². The summed E-state index contributed by atoms with van der Waals surface area (Å²) in [4.78, 5) is 19.6. The van der Waals surface area contributed by atoms with Crippen molar-refractivity contribution in [3.8, 4) is 0 Å². The summed E-state index contributed by atoms with van der Waals surface area (Å²) < 4.78 is 25.9. The molecule has 1 saturated heterocycles. The van der Waals surface area contributed by atoms with Gasteiger partial charge >= 0.3 is 0 Å². The molecule has 1 saturated carbocycles. The maximum atomic E-state index is 13.0. The Balaban J connectivity index is 1.87. The third-order valence-electron chi connectivity index (χ3n) is 5.02. The normalized spacial score (nSPS) is 23.3. The molecule has 1 atom stereocenters. The molecule has 1 aliphatic carbocycles. The van der Waals surface area contributed by atoms with Crippen molar-refractivity contribution in [1.29, 1.82) is 0 Å². The number of aliphatic imine (C=N–C) groups is 1. The Morgan fingerprint density at radius 3 is 2.59 bits per heavy atom. The molecule has 1 unspecified atom stereocenters. The summed E-state index contributed by atoms with van der Waals surface area (Å²) in [5.41, 5.74) is 0.552. The monoisotopic (exact) mass is 409 g/mol. The fraction of sp³-hybridized carbons (Fsp3) is 0.579. The summed E-state index contributed by atoms with van der Waals surface area (Å²) in [7, 11) is -0.500. The van der Waals surface area contributed by atoms with E-state index in [4.69, 9.17) is 0 Å². The van der Waals surface area contributed by atoms with E-state index in [1.54, 1.807) is 40.9 Å². The van der Waals surface area contributed by atoms with Crippen LogP contribution in [0.3, 0.4) is 0 Å². The van der Waals surface area contributed by atoms with Crippen LogP contribution in [0.25, 0.3) is 0 Å². The highest BCUT2D eigenvalue weighted by Crippen LogP contribution is 2.33. The Morgan fingerprint density at radius 1 is 1.22 bits per heavy atom. The summed E-state index contributed by atoms with van der Waals surface area (Å²) >= 11 is 1.58. The van der Waals surface area contributed by atoms with Crippen molar-refractivity contribution in [3.05, 3.63) is 24.3 Å². The first-order valence-corrected chi connectivity index (χ1v) is 11.7. The summed E-state index contributed by atoms with van der Waals surface area (Å²) in [6, 6.07) is 6.59. The smallest absolute Gasteiger partial charge is 0.242 e. The predicted octanol–water partition coefficient (Wildman–Crippen LogP) is 3.47. The molecule has 0 N–H and O–H groups in total. The van der Waals surface area contributed by atoms with Crippen LogP contribution in [-0.2, 0) is 14.8 Å². The largest absolute Gasteiger partial charge is 0.290 e. The summed E-state index contributed by atoms with van der Waals surface area (Å²) in [6.45, 7) is 2.75. The zero-order valence-corrected chi connectivity index (χ0v) is 17.7. The second kappa shape index (κ2) is 8.32. The van der Waals surface area contributed by atoms with Crippen molar-refractivity contribution < 1.29 is 13.2 Å². The first kappa shape index (κ1) is 20.4. The molecule has 2 fully saturated rings. The fourth-order valence-electron chi connectivity index (χ4n) is 3.49. The van der Waals surface area contributed by atoms with Gasteiger partial charge < -0.3 is 0 Å². The number of rotatable bonds is 4. The number of carbonyl (C=O) groups is 1. The van der Waals surface area contributed by atoms with Crippen molar-refractivity contribution in [2.75, 3.05) is 20.6 Å². The lowest BCUT2D eigenvalue weighted by Gasteiger charge is -2.26. The van der Waals surface area contributed by atoms with E-state index in [-0.39, 0.29) is 22.0 Å². The molecule has 27 heavy (non-hydrogen) atoms. The van der Waals surface area contributed by atoms with Gasteiger partial charge in [-0.1, -0.05) is 44.0 Å². The SMILES string of the molecule is CC1CN(C(=O)C2CCCCC2)C(=Nc2cccc(S(=O)(=O)N(C)C)c2)S1. The number of thioether (sulfide) groups is 1. The highest BCUT2D eigenvalue weighted by Gasteiger charge is 2.35. The second-order valence-electron chi connectivity index (χ2n) is 7.39. The van der Waals surface area contributed by atoms with Crippen LogP contribution in [0.2, 0.25) is 0 Å². The molecule has 0 aromatic heterocycles. The number of sulfonamides is 1. The minimum absolute atomic E-state index is 0.0929. The molecule has 0 radical (unpaired) electrons. The number of benzene rings is 1. The van der Waals surface area contributed by atoms with Gasteiger partial charge in [0.05, 0.1) is 10.6 Å². The van der Waals surface area contributed by atoms with Gasteiger partial charge in [-0.2, -0.15) is 0 Å². The van der Waals surface area contributed by atoms with Crippen LogP contribution in [0.4, 0.5) is 5.69 Å². The van der Waals surface area contributed by atoms with Gasteiger partial charge in [0.1, 0.15) is 0 Å². The Kier molecular flexibility index (Phi) is 6.28. The molecule has 2 aliphatic rings. The lowest BCUT2D eigenvalue weighted by atomic mass is 9.88. The Bertz CT molecular complexity index is 830. The van der Waals surface area contributed by atoms with Crippen LogP contribution >= 0.6 is 11.8 Å². The first-order chi connectivity index (χ1) is 12.8. The lowest BCUT2D eigenvalue weighted by Crippen LogP contribution is -2.38. The first-order valence-electron chi connectivity index (χ1n) is 9.38. The second-order valence-corrected chi connectivity index (χ2v) is 10.9. The Labute approximate surface area is 166 Å². The molecule has 1 aromatic carbocycles. The zero-order valence-electron chi connectivity index (χ0n) is 16.1. The molecule has 0 spiro atoms. The molecule has 148 valence electrons. The third-order valence-corrected chi connectivity index (χ3v) is 7.90. The van der Waals surface area contributed by atoms with E-state index in [2.05, 4.69) is 11.9 Å². The van der Waals surface area contributed by atoms with Gasteiger partial charge in [-0.25, -0.2) is 17.7 Å². The van der Waals surface area contributed by atoms with Crippen LogP contribution in [0, 0.1) is 5.92 Å². The fourth-order valence-corrected chi connectivity index (χ4v) is 5.47. The quantitative estimate of drug-likeness (QED) is 0.763. The van der Waals surface area contributed by atoms with Crippen LogP contribution < -0.4 is 0 Å². The summed E-state index contributed by atoms with van der Waals surface area (Å²) in [6.07, 6.45) is 5.35. The minimum Gasteiger partial charge on any atom is -0.290 e. The van der Waals surface area contributed by atoms with Gasteiger partial charge in [0.2, 0.25) is 15.9 Å². The van der Waals surface area contributed by atoms with E-state index in [0.29, 0.717) is 17.4 Å². The van der Waals surface area contributed by atoms with Gasteiger partial charge in [0.25, 0.3) is 0 Å². The van der Waals surface area contributed by atoms with Crippen LogP contribution in [0.1, 0.15) is 39.0 Å². The predicted molar refractivity (Wildman–Crippen MR) is 110 cm³/mol. The van der Waals surface area contributed by atoms with E-state index >= 15 is 0 Å². The maximum absolute atomic E-state index is 13.0. The molecule has 6 nitrogen and oxygen atoms in total. The van der Waals surface area contributed by atoms with Crippen molar-refractivity contribution in [1.82, 2.24) is 9.21 Å². The molecule has 8 heteroatoms. The van der Waals surface area contributed by atoms with Gasteiger partial charge in [0.15, 0.2) is 5.17 Å². The number of carbonyl (C=O) groups excluding carboxylic acids is 1. The van der Waals surface area contributed by atoms with E-state index in [1.807, 2.05) is 0 Å². The number of hydrogen-bond donors (Lipinski definition) is 0. The highest BCUT2D eigenvalue weighted by molar-refractivity contribution is 8.14. The van der Waals surface area contributed by atoms with Crippen molar-refractivity contribution in [2.45, 2.75) is 49.2 Å². The van der Waals surface area contributed by atoms with Crippen LogP contribution in [0.15, 0.2) is 34.2 Å². The zero-order chi connectivity index (χ0) is 19.6. The molecule has 0 bridgehead atoms. The molecular formula is C19H27N3O3S2. The number of nitrogens with zero attached hydrogens (tertiary/aromatic N) is 3. The van der Waals surface area contributed by atoms with Crippen LogP contribution in [0.5, 0.6) is 0 Å². The Hall–Kier alpha value is -1.38. The molecule has 1 heterocycles. The van der Waals surface area contributed by atoms with Gasteiger partial charge in [-0.05, 0) is 31.0 Å². The van der Waals surface area contributed by atoms with Crippen molar-refractivity contribution in [3.63, 3.8) is 0 Å². The maximum Gasteiger partial charge on any atom is 0.242 e. The molecule has 1 aromatic rings. The molecule has 1 amide bonds. The third kappa shape index (κ3) is 4.55. The highest BCUT2D eigenvalue weighted by atomic mass is 32.2. The molecule has 3 rings (SSSR count). The number of amides is 1. The lowest BCUT2D eigenvalue weighted by molar-refractivity contribution is -0.132. The van der Waals surface area contributed by atoms with Gasteiger partial charge in [0, 0.05) is 31.8 Å². The minimum atomic E-state index is -3.51. The van der Waals surface area contributed by atoms with E-state index in [1.165, 1.54) is 24.8 Å². The Morgan fingerprint density at radius 2 is 1.93 bits per heavy atom. The number of amidine groups is 1. The summed E-state index contributed by atoms with van der Waals surface area (Å²) in [5, 5.41) is 0.961. The van der Waals surface area contributed by atoms with E-state index in [9.17, 15) is 13.2 Å². The van der Waals surface area contributed by atoms with Crippen molar-refractivity contribution in [2.24, 2.45) is 10.9 Å². The van der Waals surface area contributed by atoms with Crippen molar-refractivity contribution >= 4 is 38.5 Å². The standard InChI is InChI=1S/C19H27N3O3S2/c1-14-13-22(18(23)15-8-5-4-6-9-15)19(26-14)20-16-10-7-11-17(12-16)27(24,25)21(2)3/h7,10-12,14-15H,4-6,8-9,13H2,1-3H3. The average Bonchev–Trinajstić information content (AvgIpc) is 3.02. The molecular weight excluding hydrogens is 382 g/mol.